The molecule has 0 amide bonds. The molecule has 0 spiro atoms. The van der Waals surface area contributed by atoms with Crippen LogP contribution in [0.4, 0.5) is 0 Å². The van der Waals surface area contributed by atoms with Crippen LogP contribution in [0, 0.1) is 22.7 Å². The Hall–Kier alpha value is -3.10. The van der Waals surface area contributed by atoms with E-state index >= 15 is 0 Å². The molecule has 36 heavy (non-hydrogen) atoms. The maximum atomic E-state index is 14.0. The molecule has 0 saturated heterocycles. The summed E-state index contributed by atoms with van der Waals surface area (Å²) in [6, 6.07) is 0. The quantitative estimate of drug-likeness (QED) is 0.143. The summed E-state index contributed by atoms with van der Waals surface area (Å²) in [7, 11) is 0. The van der Waals surface area contributed by atoms with Crippen molar-refractivity contribution < 1.29 is 39.6 Å². The van der Waals surface area contributed by atoms with Gasteiger partial charge in [-0.15, -0.1) is 0 Å². The van der Waals surface area contributed by atoms with Crippen molar-refractivity contribution >= 4 is 23.1 Å². The van der Waals surface area contributed by atoms with Gasteiger partial charge in [0.1, 0.15) is 39.3 Å². The first-order valence-electron chi connectivity index (χ1n) is 12.0. The molecule has 6 atom stereocenters. The zero-order chi connectivity index (χ0) is 27.4. The molecular weight excluding hydrogens is 464 g/mol. The lowest BCUT2D eigenvalue weighted by molar-refractivity contribution is -0.223. The number of carbonyl (C=O) groups is 4. The largest absolute Gasteiger partial charge is 0.509 e. The number of Topliss-reactive ketones (excluding diaryl/α,β-unsaturated/α-hetero) is 4. The molecule has 0 aromatic heterocycles. The maximum absolute atomic E-state index is 14.0. The highest BCUT2D eigenvalue weighted by atomic mass is 16.3. The predicted molar refractivity (Wildman–Crippen MR) is 132 cm³/mol. The smallest absolute Gasteiger partial charge is 0.179 e. The fourth-order valence-electron chi connectivity index (χ4n) is 6.68. The van der Waals surface area contributed by atoms with Gasteiger partial charge in [-0.3, -0.25) is 19.2 Å². The van der Waals surface area contributed by atoms with Gasteiger partial charge in [-0.25, -0.2) is 0 Å². The van der Waals surface area contributed by atoms with Crippen LogP contribution >= 0.6 is 0 Å². The molecule has 0 heterocycles. The second kappa shape index (κ2) is 8.78. The molecule has 4 rings (SSSR count). The van der Waals surface area contributed by atoms with Gasteiger partial charge >= 0.3 is 0 Å². The third-order valence-electron chi connectivity index (χ3n) is 8.30. The van der Waals surface area contributed by atoms with Gasteiger partial charge in [-0.05, 0) is 54.0 Å². The van der Waals surface area contributed by atoms with E-state index in [4.69, 9.17) is 0 Å². The third-order valence-corrected chi connectivity index (χ3v) is 8.30. The van der Waals surface area contributed by atoms with Crippen LogP contribution in [0.15, 0.2) is 59.1 Å². The molecule has 0 radical (unpaired) electrons. The highest BCUT2D eigenvalue weighted by molar-refractivity contribution is 6.32. The minimum Gasteiger partial charge on any atom is -0.509 e. The number of carbonyl (C=O) groups excluding carboxylic acids is 4. The molecular formula is C28H34O8. The average Bonchev–Trinajstić information content (AvgIpc) is 2.81. The van der Waals surface area contributed by atoms with E-state index in [1.54, 1.807) is 38.2 Å². The van der Waals surface area contributed by atoms with E-state index < -0.39 is 68.5 Å². The number of fused-ring (bicyclic) bond motifs is 2. The second-order valence-electron chi connectivity index (χ2n) is 10.4. The Balaban J connectivity index is 2.51. The Kier molecular flexibility index (Phi) is 6.70. The minimum absolute atomic E-state index is 0.214. The molecule has 2 bridgehead atoms. The van der Waals surface area contributed by atoms with E-state index in [0.717, 1.165) is 13.8 Å². The highest BCUT2D eigenvalue weighted by Gasteiger charge is 2.85. The first kappa shape index (κ1) is 27.5. The lowest BCUT2D eigenvalue weighted by atomic mass is 9.32. The molecule has 194 valence electrons. The van der Waals surface area contributed by atoms with Crippen molar-refractivity contribution in [1.29, 1.82) is 0 Å². The van der Waals surface area contributed by atoms with Crippen LogP contribution in [0.5, 0.6) is 0 Å². The summed E-state index contributed by atoms with van der Waals surface area (Å²) >= 11 is 0. The van der Waals surface area contributed by atoms with Crippen LogP contribution in [-0.4, -0.2) is 54.8 Å². The van der Waals surface area contributed by atoms with Crippen LogP contribution in [0.3, 0.4) is 0 Å². The van der Waals surface area contributed by atoms with Gasteiger partial charge in [0.2, 0.25) is 0 Å². The van der Waals surface area contributed by atoms with Crippen molar-refractivity contribution in [3.05, 3.63) is 59.1 Å². The minimum atomic E-state index is -2.44. The topological polar surface area (TPSA) is 149 Å². The van der Waals surface area contributed by atoms with Gasteiger partial charge < -0.3 is 20.4 Å². The van der Waals surface area contributed by atoms with E-state index in [1.165, 1.54) is 26.0 Å². The summed E-state index contributed by atoms with van der Waals surface area (Å²) in [5.74, 6) is -8.20. The second-order valence-corrected chi connectivity index (χ2v) is 10.4. The molecule has 4 aliphatic carbocycles. The molecule has 3 saturated carbocycles. The first-order valence-corrected chi connectivity index (χ1v) is 12.0. The zero-order valence-electron chi connectivity index (χ0n) is 21.5. The number of rotatable bonds is 6. The van der Waals surface area contributed by atoms with Gasteiger partial charge in [0.15, 0.2) is 17.3 Å². The SMILES string of the molecule is C/C=C/C=C/C(O)=C1/C(=O)[C@]2(C)C(=O)[C@@](C)(O)[C@H]1[C@H]1[C@@]2(C(=O)CC/C=C/C)C(=O)C(C)=C(O)[C@@]1(C)O. The van der Waals surface area contributed by atoms with Crippen molar-refractivity contribution in [3.8, 4) is 0 Å². The Morgan fingerprint density at radius 1 is 0.972 bits per heavy atom. The Bertz CT molecular complexity index is 1190. The van der Waals surface area contributed by atoms with Crippen molar-refractivity contribution in [1.82, 2.24) is 0 Å². The van der Waals surface area contributed by atoms with E-state index in [-0.39, 0.29) is 24.0 Å². The van der Waals surface area contributed by atoms with Crippen LogP contribution in [0.2, 0.25) is 0 Å². The standard InChI is InChI=1S/C28H34O8/c1-7-9-11-13-16(29)18-19-20-27(6,36)21(31)15(3)22(32)28(20,17(30)14-12-10-8-2)25(4,23(18)33)24(34)26(19,5)35/h7-11,13,19-20,29,31,35-36H,12,14H2,1-6H3/b9-7+,10-8+,13-11+,18-16-/t19-,20-,25-,26+,27+,28+/m1/s1. The summed E-state index contributed by atoms with van der Waals surface area (Å²) in [6.07, 6.45) is 9.31. The fourth-order valence-corrected chi connectivity index (χ4v) is 6.68. The zero-order valence-corrected chi connectivity index (χ0v) is 21.5. The van der Waals surface area contributed by atoms with Crippen molar-refractivity contribution in [2.45, 2.75) is 65.6 Å². The Morgan fingerprint density at radius 3 is 2.14 bits per heavy atom. The summed E-state index contributed by atoms with van der Waals surface area (Å²) < 4.78 is 0. The molecule has 4 N–H and O–H groups in total. The van der Waals surface area contributed by atoms with Gasteiger partial charge in [-0.1, -0.05) is 30.4 Å². The predicted octanol–water partition coefficient (Wildman–Crippen LogP) is 3.16. The molecule has 0 unspecified atom stereocenters. The van der Waals surface area contributed by atoms with E-state index in [0.29, 0.717) is 0 Å². The lowest BCUT2D eigenvalue weighted by Gasteiger charge is -2.67. The first-order chi connectivity index (χ1) is 16.6. The van der Waals surface area contributed by atoms with Gasteiger partial charge in [0, 0.05) is 29.4 Å². The Morgan fingerprint density at radius 2 is 1.58 bits per heavy atom. The Labute approximate surface area is 210 Å². The fraction of sp³-hybridized carbons (Fsp3) is 0.500. The number of hydrogen-bond donors (Lipinski definition) is 4. The number of aliphatic hydroxyl groups is 4. The molecule has 0 aromatic carbocycles. The summed E-state index contributed by atoms with van der Waals surface area (Å²) in [5.41, 5.74) is -10.1. The van der Waals surface area contributed by atoms with Crippen LogP contribution < -0.4 is 0 Å². The molecule has 0 aromatic rings. The van der Waals surface area contributed by atoms with Crippen molar-refractivity contribution in [3.63, 3.8) is 0 Å². The number of aliphatic hydroxyl groups excluding tert-OH is 2. The van der Waals surface area contributed by atoms with Gasteiger partial charge in [-0.2, -0.15) is 0 Å². The monoisotopic (exact) mass is 498 g/mol. The maximum Gasteiger partial charge on any atom is 0.179 e. The molecule has 4 aliphatic rings. The van der Waals surface area contributed by atoms with E-state index in [2.05, 4.69) is 0 Å². The van der Waals surface area contributed by atoms with Gasteiger partial charge in [0.05, 0.1) is 0 Å². The van der Waals surface area contributed by atoms with Crippen LogP contribution in [0.1, 0.15) is 54.4 Å². The lowest BCUT2D eigenvalue weighted by Crippen LogP contribution is -2.82. The molecule has 0 aliphatic heterocycles. The summed E-state index contributed by atoms with van der Waals surface area (Å²) in [6.45, 7) is 8.19. The van der Waals surface area contributed by atoms with Crippen LogP contribution in [-0.2, 0) is 19.2 Å². The molecule has 8 heteroatoms. The van der Waals surface area contributed by atoms with Gasteiger partial charge in [0.25, 0.3) is 0 Å². The van der Waals surface area contributed by atoms with Crippen molar-refractivity contribution in [2.75, 3.05) is 0 Å². The average molecular weight is 499 g/mol. The highest BCUT2D eigenvalue weighted by Crippen LogP contribution is 2.70. The third kappa shape index (κ3) is 3.13. The normalized spacial score (nSPS) is 40.2. The molecule has 3 fully saturated rings. The summed E-state index contributed by atoms with van der Waals surface area (Å²) in [5, 5.41) is 45.0. The van der Waals surface area contributed by atoms with E-state index in [9.17, 15) is 39.6 Å². The summed E-state index contributed by atoms with van der Waals surface area (Å²) in [4.78, 5) is 55.9. The number of ketones is 4. The number of allylic oxidation sites excluding steroid dienone is 7. The van der Waals surface area contributed by atoms with E-state index in [1.807, 2.05) is 0 Å². The van der Waals surface area contributed by atoms with Crippen LogP contribution in [0.25, 0.3) is 0 Å². The van der Waals surface area contributed by atoms with Crippen molar-refractivity contribution in [2.24, 2.45) is 22.7 Å². The molecule has 8 nitrogen and oxygen atoms in total. The number of hydrogen-bond acceptors (Lipinski definition) is 8.